The molecule has 2 N–H and O–H groups in total. The minimum atomic E-state index is -3.57. The van der Waals surface area contributed by atoms with Gasteiger partial charge in [0.25, 0.3) is 5.91 Å². The van der Waals surface area contributed by atoms with E-state index in [2.05, 4.69) is 17.6 Å². The van der Waals surface area contributed by atoms with Crippen molar-refractivity contribution in [2.75, 3.05) is 13.1 Å². The first-order valence-corrected chi connectivity index (χ1v) is 11.0. The fraction of sp³-hybridized carbons (Fsp3) is 0.632. The summed E-state index contributed by atoms with van der Waals surface area (Å²) in [4.78, 5) is 12.8. The van der Waals surface area contributed by atoms with Crippen molar-refractivity contribution < 1.29 is 13.2 Å². The van der Waals surface area contributed by atoms with E-state index in [1.54, 1.807) is 22.5 Å². The molecular weight excluding hydrogens is 350 g/mol. The van der Waals surface area contributed by atoms with Gasteiger partial charge in [0.05, 0.1) is 4.90 Å². The maximum absolute atomic E-state index is 13.0. The van der Waals surface area contributed by atoms with E-state index in [0.29, 0.717) is 18.2 Å². The zero-order valence-corrected chi connectivity index (χ0v) is 16.4. The molecule has 3 unspecified atom stereocenters. The number of benzene rings is 1. The number of hydrogen-bond donors (Lipinski definition) is 2. The average Bonchev–Trinajstić information content (AvgIpc) is 2.62. The van der Waals surface area contributed by atoms with Crippen molar-refractivity contribution in [2.45, 2.75) is 69.0 Å². The molecular formula is C19H29N3O3S. The molecule has 0 aromatic heterocycles. The molecule has 2 aliphatic rings. The van der Waals surface area contributed by atoms with Crippen LogP contribution in [0.5, 0.6) is 0 Å². The highest BCUT2D eigenvalue weighted by molar-refractivity contribution is 7.89. The number of sulfonamides is 1. The summed E-state index contributed by atoms with van der Waals surface area (Å²) in [6.07, 6.45) is 4.60. The van der Waals surface area contributed by atoms with Crippen LogP contribution in [0.3, 0.4) is 0 Å². The summed E-state index contributed by atoms with van der Waals surface area (Å²) in [5, 5.41) is 6.40. The topological polar surface area (TPSA) is 78.5 Å². The summed E-state index contributed by atoms with van der Waals surface area (Å²) in [6, 6.07) is 6.93. The molecule has 0 radical (unpaired) electrons. The van der Waals surface area contributed by atoms with E-state index in [1.165, 1.54) is 6.07 Å². The number of hydrogen-bond acceptors (Lipinski definition) is 4. The smallest absolute Gasteiger partial charge is 0.251 e. The molecule has 1 aromatic rings. The number of amides is 1. The van der Waals surface area contributed by atoms with Crippen LogP contribution in [0.1, 0.15) is 56.3 Å². The minimum absolute atomic E-state index is 0.00228. The number of nitrogens with zero attached hydrogens (tertiary/aromatic N) is 1. The van der Waals surface area contributed by atoms with E-state index in [-0.39, 0.29) is 22.9 Å². The van der Waals surface area contributed by atoms with Crippen molar-refractivity contribution >= 4 is 15.9 Å². The molecule has 2 heterocycles. The van der Waals surface area contributed by atoms with E-state index in [4.69, 9.17) is 0 Å². The Morgan fingerprint density at radius 1 is 1.23 bits per heavy atom. The minimum Gasteiger partial charge on any atom is -0.349 e. The maximum Gasteiger partial charge on any atom is 0.251 e. The molecule has 2 fully saturated rings. The normalized spacial score (nSPS) is 27.8. The first-order valence-electron chi connectivity index (χ1n) is 9.54. The lowest BCUT2D eigenvalue weighted by atomic mass is 10.0. The lowest BCUT2D eigenvalue weighted by Gasteiger charge is -2.32. The van der Waals surface area contributed by atoms with E-state index in [9.17, 15) is 13.2 Å². The molecule has 2 saturated heterocycles. The van der Waals surface area contributed by atoms with Crippen molar-refractivity contribution in [3.8, 4) is 0 Å². The number of carbonyl (C=O) groups is 1. The molecule has 0 bridgehead atoms. The van der Waals surface area contributed by atoms with Crippen LogP contribution >= 0.6 is 0 Å². The lowest BCUT2D eigenvalue weighted by Crippen LogP contribution is -2.46. The molecule has 6 nitrogen and oxygen atoms in total. The Morgan fingerprint density at radius 2 is 2.04 bits per heavy atom. The summed E-state index contributed by atoms with van der Waals surface area (Å²) in [7, 11) is -3.57. The van der Waals surface area contributed by atoms with Crippen molar-refractivity contribution in [3.05, 3.63) is 29.8 Å². The average molecular weight is 380 g/mol. The first-order chi connectivity index (χ1) is 12.4. The predicted octanol–water partition coefficient (Wildman–Crippen LogP) is 2.12. The second-order valence-electron chi connectivity index (χ2n) is 7.54. The third-order valence-electron chi connectivity index (χ3n) is 5.40. The molecule has 1 aromatic carbocycles. The third-order valence-corrected chi connectivity index (χ3v) is 7.41. The number of nitrogens with one attached hydrogen (secondary N) is 2. The van der Waals surface area contributed by atoms with Gasteiger partial charge in [0.15, 0.2) is 0 Å². The standard InChI is InChI=1S/C19H29N3O3S/c1-14-12-17(9-10-20-14)21-19(23)16-7-5-8-18(13-16)26(24,25)22-11-4-3-6-15(22)2/h5,7-8,13-15,17,20H,3-4,6,9-12H2,1-2H3,(H,21,23). The first kappa shape index (κ1) is 19.3. The molecule has 1 amide bonds. The molecule has 7 heteroatoms. The van der Waals surface area contributed by atoms with Gasteiger partial charge in [-0.25, -0.2) is 8.42 Å². The van der Waals surface area contributed by atoms with Crippen LogP contribution in [0.25, 0.3) is 0 Å². The van der Waals surface area contributed by atoms with Crippen molar-refractivity contribution in [1.29, 1.82) is 0 Å². The highest BCUT2D eigenvalue weighted by Crippen LogP contribution is 2.25. The van der Waals surface area contributed by atoms with Gasteiger partial charge in [0, 0.05) is 30.2 Å². The summed E-state index contributed by atoms with van der Waals surface area (Å²) < 4.78 is 27.6. The van der Waals surface area contributed by atoms with Crippen molar-refractivity contribution in [2.24, 2.45) is 0 Å². The number of piperidine rings is 2. The predicted molar refractivity (Wildman–Crippen MR) is 102 cm³/mol. The van der Waals surface area contributed by atoms with E-state index in [1.807, 2.05) is 6.92 Å². The van der Waals surface area contributed by atoms with Crippen molar-refractivity contribution in [3.63, 3.8) is 0 Å². The molecule has 0 aliphatic carbocycles. The highest BCUT2D eigenvalue weighted by atomic mass is 32.2. The van der Waals surface area contributed by atoms with E-state index >= 15 is 0 Å². The Balaban J connectivity index is 1.76. The molecule has 2 aliphatic heterocycles. The van der Waals surface area contributed by atoms with Crippen LogP contribution in [0, 0.1) is 0 Å². The second kappa shape index (κ2) is 8.06. The Bertz CT molecular complexity index is 750. The third kappa shape index (κ3) is 4.27. The summed E-state index contributed by atoms with van der Waals surface area (Å²) in [5.41, 5.74) is 0.405. The lowest BCUT2D eigenvalue weighted by molar-refractivity contribution is 0.0925. The molecule has 3 rings (SSSR count). The van der Waals surface area contributed by atoms with Gasteiger partial charge in [-0.05, 0) is 64.3 Å². The Morgan fingerprint density at radius 3 is 2.77 bits per heavy atom. The molecule has 26 heavy (non-hydrogen) atoms. The van der Waals surface area contributed by atoms with Gasteiger partial charge in [-0.1, -0.05) is 12.5 Å². The molecule has 0 saturated carbocycles. The largest absolute Gasteiger partial charge is 0.349 e. The fourth-order valence-corrected chi connectivity index (χ4v) is 5.64. The van der Waals surface area contributed by atoms with Gasteiger partial charge in [0.2, 0.25) is 10.0 Å². The number of carbonyl (C=O) groups excluding carboxylic acids is 1. The van der Waals surface area contributed by atoms with Gasteiger partial charge >= 0.3 is 0 Å². The summed E-state index contributed by atoms with van der Waals surface area (Å²) in [6.45, 7) is 5.48. The van der Waals surface area contributed by atoms with Crippen LogP contribution in [0.4, 0.5) is 0 Å². The van der Waals surface area contributed by atoms with Gasteiger partial charge < -0.3 is 10.6 Å². The molecule has 0 spiro atoms. The fourth-order valence-electron chi connectivity index (χ4n) is 3.89. The van der Waals surface area contributed by atoms with E-state index < -0.39 is 10.0 Å². The monoisotopic (exact) mass is 379 g/mol. The zero-order valence-electron chi connectivity index (χ0n) is 15.6. The SMILES string of the molecule is CC1CC(NC(=O)c2cccc(S(=O)(=O)N3CCCCC3C)c2)CCN1. The van der Waals surface area contributed by atoms with Gasteiger partial charge in [-0.2, -0.15) is 4.31 Å². The van der Waals surface area contributed by atoms with Crippen molar-refractivity contribution in [1.82, 2.24) is 14.9 Å². The zero-order chi connectivity index (χ0) is 18.7. The molecule has 144 valence electrons. The Hall–Kier alpha value is -1.44. The highest BCUT2D eigenvalue weighted by Gasteiger charge is 2.31. The maximum atomic E-state index is 13.0. The summed E-state index contributed by atoms with van der Waals surface area (Å²) >= 11 is 0. The van der Waals surface area contributed by atoms with Crippen LogP contribution < -0.4 is 10.6 Å². The van der Waals surface area contributed by atoms with Gasteiger partial charge in [-0.15, -0.1) is 0 Å². The Labute approximate surface area is 156 Å². The van der Waals surface area contributed by atoms with Crippen LogP contribution in [0.2, 0.25) is 0 Å². The summed E-state index contributed by atoms with van der Waals surface area (Å²) in [5.74, 6) is -0.201. The van der Waals surface area contributed by atoms with Crippen LogP contribution in [-0.2, 0) is 10.0 Å². The molecule has 3 atom stereocenters. The van der Waals surface area contributed by atoms with E-state index in [0.717, 1.165) is 38.6 Å². The van der Waals surface area contributed by atoms with Crippen LogP contribution in [-0.4, -0.2) is 49.8 Å². The van der Waals surface area contributed by atoms with Gasteiger partial charge in [0.1, 0.15) is 0 Å². The number of rotatable bonds is 4. The second-order valence-corrected chi connectivity index (χ2v) is 9.43. The quantitative estimate of drug-likeness (QED) is 0.840. The van der Waals surface area contributed by atoms with Crippen LogP contribution in [0.15, 0.2) is 29.2 Å². The van der Waals surface area contributed by atoms with Gasteiger partial charge in [-0.3, -0.25) is 4.79 Å². The Kier molecular flexibility index (Phi) is 5.99.